The van der Waals surface area contributed by atoms with Gasteiger partial charge < -0.3 is 9.88 Å². The maximum Gasteiger partial charge on any atom is 0.277 e. The van der Waals surface area contributed by atoms with Crippen LogP contribution in [0.15, 0.2) is 36.2 Å². The van der Waals surface area contributed by atoms with Crippen LogP contribution in [0, 0.1) is 0 Å². The third-order valence-electron chi connectivity index (χ3n) is 4.33. The van der Waals surface area contributed by atoms with Gasteiger partial charge in [0.2, 0.25) is 0 Å². The first-order valence-corrected chi connectivity index (χ1v) is 8.48. The summed E-state index contributed by atoms with van der Waals surface area (Å²) in [4.78, 5) is 27.0. The SMILES string of the molecule is CCCNC1=C(c2cn(C)c3ccccc23)C(=O)N(CCC)C1=O. The molecule has 0 saturated carbocycles. The van der Waals surface area contributed by atoms with E-state index in [4.69, 9.17) is 0 Å². The second-order valence-electron chi connectivity index (χ2n) is 6.11. The van der Waals surface area contributed by atoms with E-state index in [1.165, 1.54) is 4.90 Å². The molecule has 126 valence electrons. The summed E-state index contributed by atoms with van der Waals surface area (Å²) in [5, 5.41) is 4.17. The smallest absolute Gasteiger partial charge is 0.277 e. The molecule has 5 nitrogen and oxygen atoms in total. The summed E-state index contributed by atoms with van der Waals surface area (Å²) in [6.07, 6.45) is 3.58. The van der Waals surface area contributed by atoms with Crippen molar-refractivity contribution in [1.82, 2.24) is 14.8 Å². The fraction of sp³-hybridized carbons (Fsp3) is 0.368. The number of carbonyl (C=O) groups excluding carboxylic acids is 2. The van der Waals surface area contributed by atoms with Gasteiger partial charge in [-0.2, -0.15) is 0 Å². The number of para-hydroxylation sites is 1. The number of fused-ring (bicyclic) bond motifs is 1. The fourth-order valence-electron chi connectivity index (χ4n) is 3.21. The molecule has 0 bridgehead atoms. The minimum absolute atomic E-state index is 0.197. The molecule has 0 atom stereocenters. The Morgan fingerprint density at radius 3 is 2.50 bits per heavy atom. The van der Waals surface area contributed by atoms with Crippen LogP contribution in [-0.2, 0) is 16.6 Å². The van der Waals surface area contributed by atoms with Crippen LogP contribution in [0.4, 0.5) is 0 Å². The molecule has 0 unspecified atom stereocenters. The lowest BCUT2D eigenvalue weighted by atomic mass is 10.0. The van der Waals surface area contributed by atoms with Gasteiger partial charge in [-0.15, -0.1) is 0 Å². The zero-order valence-electron chi connectivity index (χ0n) is 14.4. The first-order chi connectivity index (χ1) is 11.6. The Morgan fingerprint density at radius 2 is 1.79 bits per heavy atom. The summed E-state index contributed by atoms with van der Waals surface area (Å²) in [5.41, 5.74) is 2.80. The first-order valence-electron chi connectivity index (χ1n) is 8.48. The van der Waals surface area contributed by atoms with Crippen LogP contribution < -0.4 is 5.32 Å². The van der Waals surface area contributed by atoms with Gasteiger partial charge in [-0.3, -0.25) is 14.5 Å². The number of nitrogens with zero attached hydrogens (tertiary/aromatic N) is 2. The lowest BCUT2D eigenvalue weighted by Gasteiger charge is -2.13. The molecule has 0 fully saturated rings. The molecule has 3 rings (SSSR count). The number of aryl methyl sites for hydroxylation is 1. The monoisotopic (exact) mass is 325 g/mol. The van der Waals surface area contributed by atoms with E-state index < -0.39 is 0 Å². The van der Waals surface area contributed by atoms with Crippen molar-refractivity contribution >= 4 is 28.3 Å². The number of hydrogen-bond acceptors (Lipinski definition) is 3. The van der Waals surface area contributed by atoms with E-state index in [0.29, 0.717) is 24.4 Å². The van der Waals surface area contributed by atoms with Crippen molar-refractivity contribution < 1.29 is 9.59 Å². The first kappa shape index (κ1) is 16.3. The Labute approximate surface area is 141 Å². The molecular weight excluding hydrogens is 302 g/mol. The van der Waals surface area contributed by atoms with E-state index in [2.05, 4.69) is 5.32 Å². The third kappa shape index (κ3) is 2.50. The summed E-state index contributed by atoms with van der Waals surface area (Å²) in [7, 11) is 1.95. The predicted octanol–water partition coefficient (Wildman–Crippen LogP) is 2.67. The molecule has 2 heterocycles. The van der Waals surface area contributed by atoms with Crippen LogP contribution in [0.3, 0.4) is 0 Å². The van der Waals surface area contributed by atoms with Gasteiger partial charge >= 0.3 is 0 Å². The van der Waals surface area contributed by atoms with E-state index in [9.17, 15) is 9.59 Å². The van der Waals surface area contributed by atoms with Gasteiger partial charge in [0, 0.05) is 42.8 Å². The van der Waals surface area contributed by atoms with E-state index in [1.54, 1.807) is 0 Å². The van der Waals surface area contributed by atoms with E-state index in [0.717, 1.165) is 29.3 Å². The number of rotatable bonds is 6. The Balaban J connectivity index is 2.17. The average Bonchev–Trinajstić information content (AvgIpc) is 3.03. The number of amides is 2. The third-order valence-corrected chi connectivity index (χ3v) is 4.33. The molecule has 1 N–H and O–H groups in total. The molecule has 2 aromatic rings. The zero-order chi connectivity index (χ0) is 17.3. The fourth-order valence-corrected chi connectivity index (χ4v) is 3.21. The summed E-state index contributed by atoms with van der Waals surface area (Å²) in [6.45, 7) is 5.12. The van der Waals surface area contributed by atoms with Crippen LogP contribution in [-0.4, -0.2) is 34.4 Å². The lowest BCUT2D eigenvalue weighted by Crippen LogP contribution is -2.34. The summed E-state index contributed by atoms with van der Waals surface area (Å²) < 4.78 is 2.00. The minimum atomic E-state index is -0.210. The van der Waals surface area contributed by atoms with Crippen molar-refractivity contribution in [3.63, 3.8) is 0 Å². The summed E-state index contributed by atoms with van der Waals surface area (Å²) in [5.74, 6) is -0.407. The second kappa shape index (κ2) is 6.51. The van der Waals surface area contributed by atoms with Crippen molar-refractivity contribution in [1.29, 1.82) is 0 Å². The molecule has 1 aromatic heterocycles. The Morgan fingerprint density at radius 1 is 1.04 bits per heavy atom. The van der Waals surface area contributed by atoms with E-state index >= 15 is 0 Å². The molecule has 5 heteroatoms. The standard InChI is InChI=1S/C19H23N3O2/c1-4-10-20-17-16(18(23)22(11-5-2)19(17)24)14-12-21(3)15-9-7-6-8-13(14)15/h6-9,12,20H,4-5,10-11H2,1-3H3. The highest BCUT2D eigenvalue weighted by atomic mass is 16.2. The maximum absolute atomic E-state index is 12.9. The van der Waals surface area contributed by atoms with Gasteiger partial charge in [-0.25, -0.2) is 0 Å². The Hall–Kier alpha value is -2.56. The highest BCUT2D eigenvalue weighted by Gasteiger charge is 2.39. The Bertz CT molecular complexity index is 832. The van der Waals surface area contributed by atoms with Gasteiger partial charge in [0.15, 0.2) is 0 Å². The molecule has 0 saturated heterocycles. The molecule has 0 aliphatic carbocycles. The van der Waals surface area contributed by atoms with E-state index in [1.807, 2.05) is 55.9 Å². The quantitative estimate of drug-likeness (QED) is 0.831. The molecule has 24 heavy (non-hydrogen) atoms. The number of aromatic nitrogens is 1. The minimum Gasteiger partial charge on any atom is -0.380 e. The average molecular weight is 325 g/mol. The van der Waals surface area contributed by atoms with Gasteiger partial charge in [-0.05, 0) is 18.9 Å². The maximum atomic E-state index is 12.9. The van der Waals surface area contributed by atoms with Crippen LogP contribution in [0.5, 0.6) is 0 Å². The van der Waals surface area contributed by atoms with Gasteiger partial charge in [0.05, 0.1) is 5.57 Å². The second-order valence-corrected chi connectivity index (χ2v) is 6.11. The summed E-state index contributed by atoms with van der Waals surface area (Å²) in [6, 6.07) is 7.94. The normalized spacial score (nSPS) is 15.0. The van der Waals surface area contributed by atoms with Crippen molar-refractivity contribution in [2.24, 2.45) is 7.05 Å². The highest BCUT2D eigenvalue weighted by molar-refractivity contribution is 6.37. The number of nitrogens with one attached hydrogen (secondary N) is 1. The predicted molar refractivity (Wildman–Crippen MR) is 95.1 cm³/mol. The van der Waals surface area contributed by atoms with Crippen molar-refractivity contribution in [3.8, 4) is 0 Å². The zero-order valence-corrected chi connectivity index (χ0v) is 14.4. The summed E-state index contributed by atoms with van der Waals surface area (Å²) >= 11 is 0. The van der Waals surface area contributed by atoms with Gasteiger partial charge in [-0.1, -0.05) is 32.0 Å². The molecule has 1 aliphatic heterocycles. The van der Waals surface area contributed by atoms with Gasteiger partial charge in [0.1, 0.15) is 5.70 Å². The molecule has 2 amide bonds. The van der Waals surface area contributed by atoms with Crippen molar-refractivity contribution in [2.75, 3.05) is 13.1 Å². The largest absolute Gasteiger partial charge is 0.380 e. The number of imide groups is 1. The molecule has 0 spiro atoms. The molecule has 1 aromatic carbocycles. The van der Waals surface area contributed by atoms with Crippen LogP contribution in [0.1, 0.15) is 32.3 Å². The van der Waals surface area contributed by atoms with Gasteiger partial charge in [0.25, 0.3) is 11.8 Å². The molecular formula is C19H23N3O2. The number of carbonyl (C=O) groups is 2. The van der Waals surface area contributed by atoms with Crippen LogP contribution in [0.2, 0.25) is 0 Å². The highest BCUT2D eigenvalue weighted by Crippen LogP contribution is 2.33. The Kier molecular flexibility index (Phi) is 4.42. The van der Waals surface area contributed by atoms with Crippen LogP contribution in [0.25, 0.3) is 16.5 Å². The molecule has 1 aliphatic rings. The van der Waals surface area contributed by atoms with E-state index in [-0.39, 0.29) is 11.8 Å². The number of hydrogen-bond donors (Lipinski definition) is 1. The lowest BCUT2D eigenvalue weighted by molar-refractivity contribution is -0.137. The van der Waals surface area contributed by atoms with Crippen LogP contribution >= 0.6 is 0 Å². The number of benzene rings is 1. The molecule has 0 radical (unpaired) electrons. The topological polar surface area (TPSA) is 54.3 Å². The van der Waals surface area contributed by atoms with Crippen molar-refractivity contribution in [2.45, 2.75) is 26.7 Å². The van der Waals surface area contributed by atoms with Crippen molar-refractivity contribution in [3.05, 3.63) is 41.7 Å².